The fraction of sp³-hybridized carbons (Fsp3) is 0.517. The molecule has 1 aliphatic heterocycles. The molecule has 14 heteroatoms. The standard InChI is InChI=1S/C29H39N7O7/c1-33(2)19-13-15(31-28(42)32-36-8-6-35(5)7-9-36)12-17-16(19)10-14-11-18-22(34(3)4)24(38)21(27(30)41)26(40)29(18,43)25(39)20(14)23(17)37/h12-14,18,22,37,40,43H,6-11H2,1-5H3,(H2,30,41)(H2,31,32,42)/t14?,18?,22-,29-/m0/s1. The quantitative estimate of drug-likeness (QED) is 0.242. The number of Topliss-reactive ketones (excluding diaryl/α,β-unsaturated/α-hetero) is 2. The lowest BCUT2D eigenvalue weighted by molar-refractivity contribution is -0.153. The van der Waals surface area contributed by atoms with Crippen LogP contribution in [0.25, 0.3) is 5.76 Å². The van der Waals surface area contributed by atoms with Crippen LogP contribution in [0.15, 0.2) is 29.0 Å². The SMILES string of the molecule is CN1CCN(NC(=O)Nc2cc3c(c(N(C)C)c2)CC2CC4[C@H](N(C)C)C(=O)C(C(N)=O)=C(O)[C@@]4(O)C(=O)C2=C3O)CC1. The van der Waals surface area contributed by atoms with Crippen LogP contribution in [-0.2, 0) is 20.8 Å². The van der Waals surface area contributed by atoms with Crippen molar-refractivity contribution in [2.24, 2.45) is 17.6 Å². The van der Waals surface area contributed by atoms with E-state index in [0.717, 1.165) is 18.7 Å². The van der Waals surface area contributed by atoms with Crippen LogP contribution in [0.2, 0.25) is 0 Å². The number of fused-ring (bicyclic) bond motifs is 3. The summed E-state index contributed by atoms with van der Waals surface area (Å²) in [5.41, 5.74) is 6.73. The van der Waals surface area contributed by atoms with Crippen LogP contribution < -0.4 is 21.4 Å². The summed E-state index contributed by atoms with van der Waals surface area (Å²) >= 11 is 0. The van der Waals surface area contributed by atoms with E-state index in [2.05, 4.69) is 15.6 Å². The molecule has 2 fully saturated rings. The Kier molecular flexibility index (Phi) is 7.75. The van der Waals surface area contributed by atoms with Gasteiger partial charge < -0.3 is 36.2 Å². The van der Waals surface area contributed by atoms with Crippen LogP contribution in [-0.4, -0.2) is 127 Å². The van der Waals surface area contributed by atoms with Crippen molar-refractivity contribution < 1.29 is 34.5 Å². The number of nitrogens with one attached hydrogen (secondary N) is 2. The molecule has 1 saturated heterocycles. The van der Waals surface area contributed by atoms with Gasteiger partial charge >= 0.3 is 6.03 Å². The highest BCUT2D eigenvalue weighted by Crippen LogP contribution is 2.52. The Morgan fingerprint density at radius 2 is 1.72 bits per heavy atom. The highest BCUT2D eigenvalue weighted by Gasteiger charge is 2.64. The van der Waals surface area contributed by atoms with Gasteiger partial charge in [-0.2, -0.15) is 0 Å². The topological polar surface area (TPSA) is 192 Å². The summed E-state index contributed by atoms with van der Waals surface area (Å²) in [5, 5.41) is 39.0. The smallest absolute Gasteiger partial charge is 0.333 e. The summed E-state index contributed by atoms with van der Waals surface area (Å²) < 4.78 is 0. The lowest BCUT2D eigenvalue weighted by Crippen LogP contribution is -2.65. The molecule has 0 radical (unpaired) electrons. The molecule has 1 aromatic rings. The van der Waals surface area contributed by atoms with Gasteiger partial charge in [-0.15, -0.1) is 0 Å². The van der Waals surface area contributed by atoms with Gasteiger partial charge in [0.1, 0.15) is 17.1 Å². The summed E-state index contributed by atoms with van der Waals surface area (Å²) in [6, 6.07) is 1.76. The molecule has 5 rings (SSSR count). The molecule has 4 atom stereocenters. The molecule has 1 saturated carbocycles. The van der Waals surface area contributed by atoms with Crippen molar-refractivity contribution in [1.29, 1.82) is 0 Å². The number of ketones is 2. The maximum atomic E-state index is 14.1. The summed E-state index contributed by atoms with van der Waals surface area (Å²) in [7, 11) is 8.80. The van der Waals surface area contributed by atoms with E-state index in [1.165, 1.54) is 4.90 Å². The van der Waals surface area contributed by atoms with Gasteiger partial charge in [-0.3, -0.25) is 24.7 Å². The van der Waals surface area contributed by atoms with Gasteiger partial charge in [0.05, 0.1) is 6.04 Å². The van der Waals surface area contributed by atoms with E-state index < -0.39 is 64.1 Å². The summed E-state index contributed by atoms with van der Waals surface area (Å²) in [4.78, 5) is 57.8. The van der Waals surface area contributed by atoms with Gasteiger partial charge in [0, 0.05) is 68.7 Å². The molecule has 1 heterocycles. The highest BCUT2D eigenvalue weighted by molar-refractivity contribution is 6.24. The van der Waals surface area contributed by atoms with E-state index in [-0.39, 0.29) is 24.0 Å². The number of nitrogens with two attached hydrogens (primary N) is 1. The second-order valence-corrected chi connectivity index (χ2v) is 12.2. The summed E-state index contributed by atoms with van der Waals surface area (Å²) in [5.74, 6) is -6.22. The third-order valence-electron chi connectivity index (χ3n) is 9.06. The molecule has 7 N–H and O–H groups in total. The van der Waals surface area contributed by atoms with E-state index in [4.69, 9.17) is 5.73 Å². The number of hydrogen-bond donors (Lipinski definition) is 6. The molecule has 0 bridgehead atoms. The summed E-state index contributed by atoms with van der Waals surface area (Å²) in [6.07, 6.45) is 0.349. The normalized spacial score (nSPS) is 27.9. The molecular weight excluding hydrogens is 558 g/mol. The number of carbonyl (C=O) groups is 4. The van der Waals surface area contributed by atoms with Crippen molar-refractivity contribution >= 4 is 40.6 Å². The largest absolute Gasteiger partial charge is 0.508 e. The number of amides is 3. The Labute approximate surface area is 249 Å². The van der Waals surface area contributed by atoms with Crippen LogP contribution in [0.4, 0.5) is 16.2 Å². The molecule has 43 heavy (non-hydrogen) atoms. The van der Waals surface area contributed by atoms with Crippen molar-refractivity contribution in [1.82, 2.24) is 20.2 Å². The maximum absolute atomic E-state index is 14.1. The first-order chi connectivity index (χ1) is 20.2. The van der Waals surface area contributed by atoms with E-state index in [0.29, 0.717) is 24.5 Å². The maximum Gasteiger partial charge on any atom is 0.333 e. The molecule has 3 aliphatic carbocycles. The average molecular weight is 598 g/mol. The number of urea groups is 1. The van der Waals surface area contributed by atoms with Gasteiger partial charge in [-0.1, -0.05) is 0 Å². The van der Waals surface area contributed by atoms with Gasteiger partial charge in [0.25, 0.3) is 5.91 Å². The number of primary amides is 1. The minimum atomic E-state index is -2.65. The Morgan fingerprint density at radius 1 is 1.07 bits per heavy atom. The molecule has 14 nitrogen and oxygen atoms in total. The van der Waals surface area contributed by atoms with Gasteiger partial charge in [0.15, 0.2) is 11.4 Å². The molecule has 3 amide bonds. The first-order valence-corrected chi connectivity index (χ1v) is 14.2. The minimum Gasteiger partial charge on any atom is -0.508 e. The number of nitrogens with zero attached hydrogens (tertiary/aromatic N) is 4. The van der Waals surface area contributed by atoms with Gasteiger partial charge in [0.2, 0.25) is 5.78 Å². The Balaban J connectivity index is 1.56. The molecular formula is C29H39N7O7. The number of likely N-dealkylation sites (N-methyl/N-ethyl adjacent to an activating group) is 2. The third kappa shape index (κ3) is 4.93. The Hall–Kier alpha value is -3.98. The lowest BCUT2D eigenvalue weighted by atomic mass is 9.57. The van der Waals surface area contributed by atoms with Crippen LogP contribution >= 0.6 is 0 Å². The molecule has 0 aromatic heterocycles. The number of piperazine rings is 1. The van der Waals surface area contributed by atoms with Crippen LogP contribution in [0.5, 0.6) is 0 Å². The van der Waals surface area contributed by atoms with Gasteiger partial charge in [-0.25, -0.2) is 9.80 Å². The fourth-order valence-electron chi connectivity index (χ4n) is 6.92. The third-order valence-corrected chi connectivity index (χ3v) is 9.06. The lowest BCUT2D eigenvalue weighted by Gasteiger charge is -2.50. The van der Waals surface area contributed by atoms with Crippen molar-refractivity contribution in [3.63, 3.8) is 0 Å². The van der Waals surface area contributed by atoms with Crippen LogP contribution in [0, 0.1) is 11.8 Å². The van der Waals surface area contributed by atoms with E-state index in [1.807, 2.05) is 31.1 Å². The molecule has 2 unspecified atom stereocenters. The number of benzene rings is 1. The summed E-state index contributed by atoms with van der Waals surface area (Å²) in [6.45, 7) is 2.94. The minimum absolute atomic E-state index is 0.0616. The monoisotopic (exact) mass is 597 g/mol. The second-order valence-electron chi connectivity index (χ2n) is 12.2. The number of rotatable bonds is 5. The van der Waals surface area contributed by atoms with Crippen LogP contribution in [0.1, 0.15) is 17.5 Å². The number of aliphatic hydroxyl groups is 3. The van der Waals surface area contributed by atoms with E-state index in [9.17, 15) is 34.5 Å². The van der Waals surface area contributed by atoms with Gasteiger partial charge in [-0.05, 0) is 57.6 Å². The van der Waals surface area contributed by atoms with E-state index >= 15 is 0 Å². The molecule has 0 spiro atoms. The van der Waals surface area contributed by atoms with Crippen molar-refractivity contribution in [3.05, 3.63) is 40.2 Å². The number of carbonyl (C=O) groups excluding carboxylic acids is 4. The fourth-order valence-corrected chi connectivity index (χ4v) is 6.92. The number of aliphatic hydroxyl groups excluding tert-OH is 2. The number of hydrogen-bond acceptors (Lipinski definition) is 11. The Bertz CT molecular complexity index is 1460. The van der Waals surface area contributed by atoms with Crippen molar-refractivity contribution in [3.8, 4) is 0 Å². The Morgan fingerprint density at radius 3 is 2.30 bits per heavy atom. The molecule has 232 valence electrons. The predicted molar refractivity (Wildman–Crippen MR) is 158 cm³/mol. The number of hydrazine groups is 1. The van der Waals surface area contributed by atoms with Crippen molar-refractivity contribution in [2.75, 3.05) is 71.6 Å². The first-order valence-electron chi connectivity index (χ1n) is 14.2. The molecule has 1 aromatic carbocycles. The first kappa shape index (κ1) is 30.5. The highest BCUT2D eigenvalue weighted by atomic mass is 16.3. The average Bonchev–Trinajstić information content (AvgIpc) is 2.91. The predicted octanol–water partition coefficient (Wildman–Crippen LogP) is -0.392. The zero-order valence-corrected chi connectivity index (χ0v) is 25.0. The van der Waals surface area contributed by atoms with Crippen LogP contribution in [0.3, 0.4) is 0 Å². The molecule has 4 aliphatic rings. The van der Waals surface area contributed by atoms with Crippen molar-refractivity contribution in [2.45, 2.75) is 24.5 Å². The second kappa shape index (κ2) is 10.9. The van der Waals surface area contributed by atoms with E-state index in [1.54, 1.807) is 26.2 Å². The number of anilines is 2. The zero-order chi connectivity index (χ0) is 31.5. The zero-order valence-electron chi connectivity index (χ0n) is 25.0.